The van der Waals surface area contributed by atoms with Crippen LogP contribution in [0.2, 0.25) is 5.02 Å². The molecule has 69 heavy (non-hydrogen) atoms. The van der Waals surface area contributed by atoms with E-state index in [1.165, 1.54) is 4.90 Å². The molecule has 0 aliphatic carbocycles. The van der Waals surface area contributed by atoms with Crippen LogP contribution >= 0.6 is 22.9 Å². The molecule has 3 unspecified atom stereocenters. The van der Waals surface area contributed by atoms with Gasteiger partial charge in [0.1, 0.15) is 24.8 Å². The van der Waals surface area contributed by atoms with Gasteiger partial charge >= 0.3 is 0 Å². The van der Waals surface area contributed by atoms with Gasteiger partial charge in [-0.15, -0.1) is 11.3 Å². The number of hydrogen-bond donors (Lipinski definition) is 4. The molecule has 2 aromatic heterocycles. The number of carbonyl (C=O) groups is 4. The highest BCUT2D eigenvalue weighted by Gasteiger charge is 2.45. The Bertz CT molecular complexity index is 2650. The van der Waals surface area contributed by atoms with Crippen molar-refractivity contribution < 1.29 is 29.0 Å². The number of likely N-dealkylation sites (tertiary alicyclic amines) is 1. The Balaban J connectivity index is 0.849. The summed E-state index contributed by atoms with van der Waals surface area (Å²) in [6, 6.07) is 22.2. The van der Waals surface area contributed by atoms with E-state index in [0.29, 0.717) is 22.7 Å². The van der Waals surface area contributed by atoms with Crippen molar-refractivity contribution in [2.45, 2.75) is 111 Å². The molecule has 15 nitrogen and oxygen atoms in total. The average Bonchev–Trinajstić information content (AvgIpc) is 4.09. The summed E-state index contributed by atoms with van der Waals surface area (Å²) in [7, 11) is 0. The molecular weight excluding hydrogens is 914 g/mol. The van der Waals surface area contributed by atoms with Crippen LogP contribution in [-0.4, -0.2) is 105 Å². The Morgan fingerprint density at radius 2 is 1.65 bits per heavy atom. The van der Waals surface area contributed by atoms with Gasteiger partial charge in [-0.2, -0.15) is 10.4 Å². The fraction of sp³-hybridized carbons (Fsp3) is 0.442. The maximum absolute atomic E-state index is 14.2. The van der Waals surface area contributed by atoms with Gasteiger partial charge in [0.2, 0.25) is 17.7 Å². The van der Waals surface area contributed by atoms with E-state index < -0.39 is 35.4 Å². The zero-order chi connectivity index (χ0) is 49.6. The van der Waals surface area contributed by atoms with Gasteiger partial charge in [-0.05, 0) is 105 Å². The maximum Gasteiger partial charge on any atom is 0.251 e. The normalized spacial score (nSPS) is 18.2. The number of aliphatic hydroxyl groups is 1. The maximum atomic E-state index is 14.2. The zero-order valence-corrected chi connectivity index (χ0v) is 41.8. The van der Waals surface area contributed by atoms with Gasteiger partial charge in [0.15, 0.2) is 0 Å². The number of aromatic nitrogens is 3. The molecule has 4 amide bonds. The largest absolute Gasteiger partial charge is 0.391 e. The molecule has 6 atom stereocenters. The number of halogens is 1. The molecule has 7 rings (SSSR count). The standard InChI is InChI=1S/C52H62ClN9O6S/c1-31(27-61-23-20-44(59-61)39-12-13-40(26-54)43(53)24-39)56-49(65)38-14-16-41(17-15-38)60-21-18-36(19-22-60)34(4)68-29-46(64)58-48(52(5,6)7)51(67)62-28-42(63)25-45(62)50(66)57-32(2)35-8-10-37(11-9-35)47-33(3)55-30-69-47/h8-17,20,23-24,30-32,34,36,42,45,48,63H,18-19,21-22,25,27-29H2,1-7H3,(H,56,65)(H,57,66)(H,58,64)/t31?,32-,34?,42+,45?,48+/m0/s1. The Morgan fingerprint density at radius 3 is 2.29 bits per heavy atom. The van der Waals surface area contributed by atoms with Crippen LogP contribution in [0.5, 0.6) is 0 Å². The van der Waals surface area contributed by atoms with Crippen LogP contribution in [0.1, 0.15) is 94.0 Å². The summed E-state index contributed by atoms with van der Waals surface area (Å²) in [5.74, 6) is -1.20. The molecule has 0 bridgehead atoms. The van der Waals surface area contributed by atoms with Crippen molar-refractivity contribution in [3.05, 3.63) is 112 Å². The summed E-state index contributed by atoms with van der Waals surface area (Å²) in [6.45, 7) is 15.1. The van der Waals surface area contributed by atoms with Gasteiger partial charge in [-0.1, -0.05) is 62.7 Å². The minimum atomic E-state index is -0.966. The fourth-order valence-corrected chi connectivity index (χ4v) is 10.1. The van der Waals surface area contributed by atoms with Crippen LogP contribution in [0.4, 0.5) is 5.69 Å². The fourth-order valence-electron chi connectivity index (χ4n) is 9.03. The molecule has 2 fully saturated rings. The van der Waals surface area contributed by atoms with Gasteiger partial charge in [-0.25, -0.2) is 4.98 Å². The SMILES string of the molecule is Cc1ncsc1-c1ccc([C@H](C)NC(=O)C2C[C@@H](O)CN2C(=O)[C@@H](NC(=O)COC(C)C2CCN(c3ccc(C(=O)NC(C)Cn4ccc(-c5ccc(C#N)c(Cl)c5)n4)cc3)CC2)C(C)(C)C)cc1. The van der Waals surface area contributed by atoms with E-state index in [2.05, 4.69) is 37.0 Å². The highest BCUT2D eigenvalue weighted by atomic mass is 35.5. The number of aryl methyl sites for hydroxylation is 1. The van der Waals surface area contributed by atoms with E-state index in [1.54, 1.807) is 34.2 Å². The Labute approximate surface area is 413 Å². The summed E-state index contributed by atoms with van der Waals surface area (Å²) in [6.07, 6.45) is 2.53. The van der Waals surface area contributed by atoms with Gasteiger partial charge < -0.3 is 35.6 Å². The number of aliphatic hydroxyl groups excluding tert-OH is 1. The second kappa shape index (κ2) is 22.1. The summed E-state index contributed by atoms with van der Waals surface area (Å²) in [4.78, 5) is 63.6. The third-order valence-electron chi connectivity index (χ3n) is 13.1. The predicted molar refractivity (Wildman–Crippen MR) is 267 cm³/mol. The number of rotatable bonds is 16. The molecule has 4 heterocycles. The summed E-state index contributed by atoms with van der Waals surface area (Å²) < 4.78 is 7.88. The number of piperidine rings is 1. The average molecular weight is 977 g/mol. The highest BCUT2D eigenvalue weighted by Crippen LogP contribution is 2.31. The number of anilines is 1. The lowest BCUT2D eigenvalue weighted by Crippen LogP contribution is -2.58. The van der Waals surface area contributed by atoms with Crippen molar-refractivity contribution >= 4 is 52.3 Å². The number of thiazole rings is 1. The lowest BCUT2D eigenvalue weighted by molar-refractivity contribution is -0.145. The molecule has 2 saturated heterocycles. The van der Waals surface area contributed by atoms with E-state index in [-0.39, 0.29) is 55.5 Å². The van der Waals surface area contributed by atoms with Crippen molar-refractivity contribution in [2.75, 3.05) is 31.1 Å². The van der Waals surface area contributed by atoms with Crippen molar-refractivity contribution in [3.8, 4) is 27.8 Å². The van der Waals surface area contributed by atoms with Crippen molar-refractivity contribution in [1.29, 1.82) is 5.26 Å². The third-order valence-corrected chi connectivity index (χ3v) is 14.4. The Hall–Kier alpha value is -6.12. The third kappa shape index (κ3) is 12.6. The molecule has 364 valence electrons. The number of β-amino-alcohol motifs (C(OH)–C–C–N with tert-alkyl or cyclic N) is 1. The smallest absolute Gasteiger partial charge is 0.251 e. The van der Waals surface area contributed by atoms with Gasteiger partial charge in [0.25, 0.3) is 5.91 Å². The van der Waals surface area contributed by atoms with Gasteiger partial charge in [0.05, 0.1) is 57.2 Å². The molecule has 0 radical (unpaired) electrons. The van der Waals surface area contributed by atoms with Crippen LogP contribution in [0, 0.1) is 29.6 Å². The van der Waals surface area contributed by atoms with E-state index in [4.69, 9.17) is 21.6 Å². The molecule has 0 saturated carbocycles. The predicted octanol–water partition coefficient (Wildman–Crippen LogP) is 7.32. The zero-order valence-electron chi connectivity index (χ0n) is 40.2. The van der Waals surface area contributed by atoms with Gasteiger partial charge in [0, 0.05) is 55.1 Å². The molecule has 5 aromatic rings. The van der Waals surface area contributed by atoms with E-state index in [9.17, 15) is 24.3 Å². The second-order valence-electron chi connectivity index (χ2n) is 19.4. The van der Waals surface area contributed by atoms with Crippen LogP contribution in [-0.2, 0) is 25.7 Å². The first-order valence-corrected chi connectivity index (χ1v) is 24.7. The summed E-state index contributed by atoms with van der Waals surface area (Å²) >= 11 is 7.79. The lowest BCUT2D eigenvalue weighted by Gasteiger charge is -2.37. The number of nitriles is 1. The first-order valence-electron chi connectivity index (χ1n) is 23.5. The van der Waals surface area contributed by atoms with E-state index >= 15 is 0 Å². The van der Waals surface area contributed by atoms with Gasteiger partial charge in [-0.3, -0.25) is 23.9 Å². The minimum Gasteiger partial charge on any atom is -0.391 e. The van der Waals surface area contributed by atoms with Crippen LogP contribution in [0.25, 0.3) is 21.7 Å². The summed E-state index contributed by atoms with van der Waals surface area (Å²) in [5, 5.41) is 33.9. The quantitative estimate of drug-likeness (QED) is 0.0779. The number of nitrogens with zero attached hydrogens (tertiary/aromatic N) is 6. The first kappa shape index (κ1) is 50.7. The lowest BCUT2D eigenvalue weighted by atomic mass is 9.85. The number of ether oxygens (including phenoxy) is 1. The molecule has 0 spiro atoms. The highest BCUT2D eigenvalue weighted by molar-refractivity contribution is 7.13. The number of hydrogen-bond acceptors (Lipinski definition) is 11. The van der Waals surface area contributed by atoms with Crippen LogP contribution in [0.3, 0.4) is 0 Å². The first-order chi connectivity index (χ1) is 32.9. The Kier molecular flexibility index (Phi) is 16.3. The van der Waals surface area contributed by atoms with Crippen molar-refractivity contribution in [2.24, 2.45) is 11.3 Å². The minimum absolute atomic E-state index is 0.0167. The molecular formula is C52H62ClN9O6S. The topological polar surface area (TPSA) is 195 Å². The molecule has 2 aliphatic rings. The van der Waals surface area contributed by atoms with E-state index in [1.807, 2.05) is 115 Å². The number of benzene rings is 3. The Morgan fingerprint density at radius 1 is 0.957 bits per heavy atom. The second-order valence-corrected chi connectivity index (χ2v) is 20.6. The van der Waals surface area contributed by atoms with Crippen LogP contribution < -0.4 is 20.9 Å². The van der Waals surface area contributed by atoms with E-state index in [0.717, 1.165) is 64.6 Å². The number of carbonyl (C=O) groups excluding carboxylic acids is 4. The number of amides is 4. The molecule has 3 aromatic carbocycles. The monoisotopic (exact) mass is 975 g/mol. The molecule has 2 aliphatic heterocycles. The number of nitrogens with one attached hydrogen (secondary N) is 3. The van der Waals surface area contributed by atoms with Crippen molar-refractivity contribution in [3.63, 3.8) is 0 Å². The summed E-state index contributed by atoms with van der Waals surface area (Å²) in [5.41, 5.74) is 7.52. The molecule has 4 N–H and O–H groups in total. The molecule has 17 heteroatoms. The van der Waals surface area contributed by atoms with Crippen molar-refractivity contribution in [1.82, 2.24) is 35.6 Å². The van der Waals surface area contributed by atoms with Crippen LogP contribution in [0.15, 0.2) is 84.5 Å².